The van der Waals surface area contributed by atoms with E-state index in [1.165, 1.54) is 6.92 Å². The van der Waals surface area contributed by atoms with Gasteiger partial charge in [-0.05, 0) is 20.8 Å². The maximum Gasteiger partial charge on any atom is 0.302 e. The zero-order valence-electron chi connectivity index (χ0n) is 12.3. The summed E-state index contributed by atoms with van der Waals surface area (Å²) in [6.45, 7) is 7.66. The molecule has 0 aromatic heterocycles. The van der Waals surface area contributed by atoms with Crippen LogP contribution in [-0.4, -0.2) is 55.0 Å². The lowest BCUT2D eigenvalue weighted by Gasteiger charge is -2.25. The molecule has 0 saturated carbocycles. The van der Waals surface area contributed by atoms with Crippen LogP contribution in [0.3, 0.4) is 0 Å². The molecule has 3 aliphatic rings. The minimum Gasteiger partial charge on any atom is -0.460 e. The van der Waals surface area contributed by atoms with Gasteiger partial charge in [0.2, 0.25) is 0 Å². The molecule has 6 atom stereocenters. The molecular formula is C14H22O6. The van der Waals surface area contributed by atoms with Gasteiger partial charge >= 0.3 is 5.97 Å². The van der Waals surface area contributed by atoms with Crippen molar-refractivity contribution in [3.8, 4) is 0 Å². The Balaban J connectivity index is 1.65. The summed E-state index contributed by atoms with van der Waals surface area (Å²) in [5.74, 6) is -0.852. The highest BCUT2D eigenvalue weighted by Crippen LogP contribution is 2.39. The average Bonchev–Trinajstić information content (AvgIpc) is 2.91. The molecule has 3 saturated heterocycles. The fourth-order valence-electron chi connectivity index (χ4n) is 3.30. The number of hydrogen-bond donors (Lipinski definition) is 0. The molecule has 3 aliphatic heterocycles. The first-order valence-corrected chi connectivity index (χ1v) is 7.15. The van der Waals surface area contributed by atoms with Crippen LogP contribution < -0.4 is 0 Å². The predicted molar refractivity (Wildman–Crippen MR) is 68.1 cm³/mol. The molecule has 0 bridgehead atoms. The van der Waals surface area contributed by atoms with Gasteiger partial charge in [-0.15, -0.1) is 0 Å². The zero-order valence-corrected chi connectivity index (χ0v) is 12.3. The van der Waals surface area contributed by atoms with Crippen molar-refractivity contribution in [1.29, 1.82) is 0 Å². The molecule has 3 heterocycles. The summed E-state index contributed by atoms with van der Waals surface area (Å²) in [5.41, 5.74) is 0. The SMILES string of the molecule is CC(=O)O[C@@H]1C[C@H]([C@@H]2OC[C@H]3OC(C)(C)O[C@@H]23)O[C@@H]1C. The zero-order chi connectivity index (χ0) is 14.5. The summed E-state index contributed by atoms with van der Waals surface area (Å²) >= 11 is 0. The van der Waals surface area contributed by atoms with Gasteiger partial charge in [-0.1, -0.05) is 0 Å². The monoisotopic (exact) mass is 286 g/mol. The third-order valence-corrected chi connectivity index (χ3v) is 4.06. The van der Waals surface area contributed by atoms with E-state index in [2.05, 4.69) is 0 Å². The largest absolute Gasteiger partial charge is 0.460 e. The van der Waals surface area contributed by atoms with Crippen LogP contribution in [0, 0.1) is 0 Å². The lowest BCUT2D eigenvalue weighted by Crippen LogP contribution is -2.38. The van der Waals surface area contributed by atoms with Crippen LogP contribution in [0.4, 0.5) is 0 Å². The predicted octanol–water partition coefficient (Wildman–Crippen LogP) is 1.01. The van der Waals surface area contributed by atoms with Crippen LogP contribution in [0.2, 0.25) is 0 Å². The molecule has 0 amide bonds. The Morgan fingerprint density at radius 3 is 2.65 bits per heavy atom. The van der Waals surface area contributed by atoms with Crippen molar-refractivity contribution in [2.75, 3.05) is 6.61 Å². The maximum absolute atomic E-state index is 11.1. The van der Waals surface area contributed by atoms with Crippen molar-refractivity contribution >= 4 is 5.97 Å². The van der Waals surface area contributed by atoms with Crippen LogP contribution >= 0.6 is 0 Å². The first-order chi connectivity index (χ1) is 9.35. The number of rotatable bonds is 2. The molecule has 0 N–H and O–H groups in total. The van der Waals surface area contributed by atoms with Crippen LogP contribution in [-0.2, 0) is 28.5 Å². The van der Waals surface area contributed by atoms with Gasteiger partial charge in [0.15, 0.2) is 5.79 Å². The van der Waals surface area contributed by atoms with Gasteiger partial charge in [0.05, 0.1) is 18.8 Å². The van der Waals surface area contributed by atoms with Crippen molar-refractivity contribution in [2.24, 2.45) is 0 Å². The Bertz CT molecular complexity index is 395. The lowest BCUT2D eigenvalue weighted by molar-refractivity contribution is -0.186. The summed E-state index contributed by atoms with van der Waals surface area (Å²) in [6.07, 6.45) is -0.137. The third-order valence-electron chi connectivity index (χ3n) is 4.06. The Morgan fingerprint density at radius 1 is 1.20 bits per heavy atom. The highest BCUT2D eigenvalue weighted by atomic mass is 16.8. The molecular weight excluding hydrogens is 264 g/mol. The van der Waals surface area contributed by atoms with E-state index in [0.717, 1.165) is 0 Å². The third kappa shape index (κ3) is 2.57. The van der Waals surface area contributed by atoms with Crippen LogP contribution in [0.25, 0.3) is 0 Å². The molecule has 6 heteroatoms. The first kappa shape index (κ1) is 14.3. The van der Waals surface area contributed by atoms with Crippen molar-refractivity contribution in [2.45, 2.75) is 76.5 Å². The van der Waals surface area contributed by atoms with Gasteiger partial charge < -0.3 is 23.7 Å². The molecule has 0 aromatic rings. The molecule has 0 aromatic carbocycles. The summed E-state index contributed by atoms with van der Waals surface area (Å²) in [7, 11) is 0. The quantitative estimate of drug-likeness (QED) is 0.706. The number of ether oxygens (including phenoxy) is 5. The Kier molecular flexibility index (Phi) is 3.52. The maximum atomic E-state index is 11.1. The van der Waals surface area contributed by atoms with Gasteiger partial charge in [0, 0.05) is 13.3 Å². The summed E-state index contributed by atoms with van der Waals surface area (Å²) in [5, 5.41) is 0. The van der Waals surface area contributed by atoms with Gasteiger partial charge in [-0.25, -0.2) is 0 Å². The van der Waals surface area contributed by atoms with Gasteiger partial charge in [-0.3, -0.25) is 4.79 Å². The average molecular weight is 286 g/mol. The van der Waals surface area contributed by atoms with Gasteiger partial charge in [-0.2, -0.15) is 0 Å². The smallest absolute Gasteiger partial charge is 0.302 e. The standard InChI is InChI=1S/C14H22O6/c1-7-9(18-8(2)15)5-10(17-7)12-13-11(6-16-12)19-14(3,4)20-13/h7,9-13H,5-6H2,1-4H3/t7-,9-,10-,11-,12+,13-/m1/s1. The molecule has 0 radical (unpaired) electrons. The lowest BCUT2D eigenvalue weighted by atomic mass is 10.0. The highest BCUT2D eigenvalue weighted by molar-refractivity contribution is 5.66. The minimum atomic E-state index is -0.573. The summed E-state index contributed by atoms with van der Waals surface area (Å²) < 4.78 is 28.7. The topological polar surface area (TPSA) is 63.2 Å². The Hall–Kier alpha value is -0.690. The van der Waals surface area contributed by atoms with Crippen LogP contribution in [0.5, 0.6) is 0 Å². The summed E-state index contributed by atoms with van der Waals surface area (Å²) in [6, 6.07) is 0. The molecule has 0 aliphatic carbocycles. The second-order valence-electron chi connectivity index (χ2n) is 6.20. The van der Waals surface area contributed by atoms with Crippen molar-refractivity contribution in [3.63, 3.8) is 0 Å². The van der Waals surface area contributed by atoms with Crippen molar-refractivity contribution in [3.05, 3.63) is 0 Å². The van der Waals surface area contributed by atoms with Crippen LogP contribution in [0.1, 0.15) is 34.1 Å². The minimum absolute atomic E-state index is 0.0401. The van der Waals surface area contributed by atoms with E-state index in [1.54, 1.807) is 0 Å². The fraction of sp³-hybridized carbons (Fsp3) is 0.929. The van der Waals surface area contributed by atoms with E-state index in [9.17, 15) is 4.79 Å². The van der Waals surface area contributed by atoms with Gasteiger partial charge in [0.1, 0.15) is 24.4 Å². The molecule has 0 spiro atoms. The molecule has 3 rings (SSSR count). The molecule has 20 heavy (non-hydrogen) atoms. The van der Waals surface area contributed by atoms with E-state index in [1.807, 2.05) is 20.8 Å². The van der Waals surface area contributed by atoms with E-state index >= 15 is 0 Å². The van der Waals surface area contributed by atoms with Crippen molar-refractivity contribution < 1.29 is 28.5 Å². The molecule has 6 nitrogen and oxygen atoms in total. The number of hydrogen-bond acceptors (Lipinski definition) is 6. The van der Waals surface area contributed by atoms with Crippen molar-refractivity contribution in [1.82, 2.24) is 0 Å². The van der Waals surface area contributed by atoms with Gasteiger partial charge in [0.25, 0.3) is 0 Å². The number of carbonyl (C=O) groups excluding carboxylic acids is 1. The summed E-state index contributed by atoms with van der Waals surface area (Å²) in [4.78, 5) is 11.1. The van der Waals surface area contributed by atoms with E-state index in [-0.39, 0.29) is 42.6 Å². The first-order valence-electron chi connectivity index (χ1n) is 7.15. The fourth-order valence-corrected chi connectivity index (χ4v) is 3.30. The Labute approximate surface area is 118 Å². The molecule has 0 unspecified atom stereocenters. The number of esters is 1. The van der Waals surface area contributed by atoms with E-state index in [4.69, 9.17) is 23.7 Å². The second kappa shape index (κ2) is 4.94. The molecule has 114 valence electrons. The van der Waals surface area contributed by atoms with E-state index in [0.29, 0.717) is 13.0 Å². The highest BCUT2D eigenvalue weighted by Gasteiger charge is 2.54. The van der Waals surface area contributed by atoms with Crippen LogP contribution in [0.15, 0.2) is 0 Å². The molecule has 3 fully saturated rings. The number of carbonyl (C=O) groups is 1. The normalized spacial score (nSPS) is 46.4. The Morgan fingerprint density at radius 2 is 1.95 bits per heavy atom. The van der Waals surface area contributed by atoms with E-state index < -0.39 is 5.79 Å². The second-order valence-corrected chi connectivity index (χ2v) is 6.20. The number of fused-ring (bicyclic) bond motifs is 1.